The molecule has 0 aliphatic carbocycles. The van der Waals surface area contributed by atoms with E-state index in [0.29, 0.717) is 36.7 Å². The molecule has 2 atom stereocenters. The minimum absolute atomic E-state index is 0.00152. The van der Waals surface area contributed by atoms with Crippen LogP contribution in [0.5, 0.6) is 11.5 Å². The summed E-state index contributed by atoms with van der Waals surface area (Å²) < 4.78 is 12.8. The largest absolute Gasteiger partial charge is 0.497 e. The zero-order chi connectivity index (χ0) is 26.5. The fourth-order valence-electron chi connectivity index (χ4n) is 6.33. The SMILES string of the molecule is COc1ccc(OC)c(CC2(CN3C[C@@H]4C[C@H](C3)c3cccc(=O)n3C4)C(=O)N(C)C(=O)N(C)C2=O)c1. The van der Waals surface area contributed by atoms with Crippen molar-refractivity contribution in [3.63, 3.8) is 0 Å². The Labute approximate surface area is 215 Å². The smallest absolute Gasteiger partial charge is 0.332 e. The van der Waals surface area contributed by atoms with Crippen molar-refractivity contribution in [2.45, 2.75) is 25.3 Å². The number of amides is 4. The molecular weight excluding hydrogens is 476 g/mol. The van der Waals surface area contributed by atoms with Gasteiger partial charge >= 0.3 is 6.03 Å². The minimum Gasteiger partial charge on any atom is -0.497 e. The molecule has 0 saturated carbocycles. The van der Waals surface area contributed by atoms with Crippen molar-refractivity contribution in [3.8, 4) is 11.5 Å². The number of urea groups is 1. The first-order valence-corrected chi connectivity index (χ1v) is 12.4. The van der Waals surface area contributed by atoms with E-state index in [1.165, 1.54) is 21.2 Å². The van der Waals surface area contributed by atoms with Gasteiger partial charge in [-0.25, -0.2) is 4.79 Å². The number of hydrogen-bond donors (Lipinski definition) is 0. The average Bonchev–Trinajstić information content (AvgIpc) is 2.90. The van der Waals surface area contributed by atoms with E-state index < -0.39 is 23.3 Å². The number of methoxy groups -OCH3 is 2. The van der Waals surface area contributed by atoms with Crippen molar-refractivity contribution in [1.82, 2.24) is 19.3 Å². The van der Waals surface area contributed by atoms with Gasteiger partial charge in [-0.15, -0.1) is 0 Å². The molecule has 1 aromatic heterocycles. The van der Waals surface area contributed by atoms with Crippen molar-refractivity contribution in [2.75, 3.05) is 47.9 Å². The molecule has 1 aromatic carbocycles. The van der Waals surface area contributed by atoms with E-state index in [-0.39, 0.29) is 30.4 Å². The fraction of sp³-hybridized carbons (Fsp3) is 0.481. The van der Waals surface area contributed by atoms with Crippen LogP contribution in [0.1, 0.15) is 23.6 Å². The Morgan fingerprint density at radius 1 is 0.919 bits per heavy atom. The lowest BCUT2D eigenvalue weighted by Gasteiger charge is -2.48. The second kappa shape index (κ2) is 9.33. The van der Waals surface area contributed by atoms with Crippen LogP contribution >= 0.6 is 0 Å². The van der Waals surface area contributed by atoms with Crippen molar-refractivity contribution in [3.05, 3.63) is 58.0 Å². The Hall–Kier alpha value is -3.66. The van der Waals surface area contributed by atoms with Crippen LogP contribution in [0.25, 0.3) is 0 Å². The molecule has 4 heterocycles. The molecule has 2 fully saturated rings. The molecule has 10 nitrogen and oxygen atoms in total. The van der Waals surface area contributed by atoms with Gasteiger partial charge in [-0.1, -0.05) is 6.07 Å². The highest BCUT2D eigenvalue weighted by Gasteiger charge is 2.57. The highest BCUT2D eigenvalue weighted by molar-refractivity contribution is 6.19. The maximum Gasteiger partial charge on any atom is 0.332 e. The molecule has 0 unspecified atom stereocenters. The first kappa shape index (κ1) is 25.0. The van der Waals surface area contributed by atoms with E-state index in [0.717, 1.165) is 21.9 Å². The molecule has 0 spiro atoms. The van der Waals surface area contributed by atoms with Gasteiger partial charge in [0.25, 0.3) is 5.56 Å². The Balaban J connectivity index is 1.54. The quantitative estimate of drug-likeness (QED) is 0.546. The second-order valence-electron chi connectivity index (χ2n) is 10.3. The van der Waals surface area contributed by atoms with Gasteiger partial charge in [0.15, 0.2) is 0 Å². The zero-order valence-corrected chi connectivity index (χ0v) is 21.6. The Kier molecular flexibility index (Phi) is 6.31. The van der Waals surface area contributed by atoms with Crippen molar-refractivity contribution in [1.29, 1.82) is 0 Å². The number of benzene rings is 1. The van der Waals surface area contributed by atoms with E-state index in [4.69, 9.17) is 9.47 Å². The second-order valence-corrected chi connectivity index (χ2v) is 10.3. The molecule has 2 bridgehead atoms. The third kappa shape index (κ3) is 4.09. The Morgan fingerprint density at radius 3 is 2.32 bits per heavy atom. The maximum atomic E-state index is 13.8. The van der Waals surface area contributed by atoms with Crippen molar-refractivity contribution >= 4 is 17.8 Å². The number of likely N-dealkylation sites (tertiary alicyclic amines) is 1. The normalized spacial score (nSPS) is 23.2. The Bertz CT molecular complexity index is 1300. The van der Waals surface area contributed by atoms with Gasteiger partial charge in [0.1, 0.15) is 16.9 Å². The lowest BCUT2D eigenvalue weighted by atomic mass is 9.75. The minimum atomic E-state index is -1.53. The van der Waals surface area contributed by atoms with Crippen LogP contribution in [0.15, 0.2) is 41.2 Å². The Morgan fingerprint density at radius 2 is 1.65 bits per heavy atom. The topological polar surface area (TPSA) is 101 Å². The molecule has 0 N–H and O–H groups in total. The molecule has 2 saturated heterocycles. The van der Waals surface area contributed by atoms with Crippen LogP contribution in [0, 0.1) is 11.3 Å². The molecule has 0 radical (unpaired) electrons. The monoisotopic (exact) mass is 508 g/mol. The molecule has 3 aliphatic heterocycles. The van der Waals surface area contributed by atoms with Gasteiger partial charge in [-0.2, -0.15) is 0 Å². The average molecular weight is 509 g/mol. The number of aromatic nitrogens is 1. The summed E-state index contributed by atoms with van der Waals surface area (Å²) in [5.74, 6) is 0.396. The first-order valence-electron chi connectivity index (χ1n) is 12.4. The van der Waals surface area contributed by atoms with Gasteiger partial charge in [0, 0.05) is 64.4 Å². The molecular formula is C27H32N4O6. The highest BCUT2D eigenvalue weighted by Crippen LogP contribution is 2.40. The maximum absolute atomic E-state index is 13.8. The molecule has 3 aliphatic rings. The lowest BCUT2D eigenvalue weighted by Crippen LogP contribution is -2.67. The zero-order valence-electron chi connectivity index (χ0n) is 21.6. The van der Waals surface area contributed by atoms with Gasteiger partial charge in [0.2, 0.25) is 11.8 Å². The number of ether oxygens (including phenoxy) is 2. The van der Waals surface area contributed by atoms with Crippen molar-refractivity contribution < 1.29 is 23.9 Å². The first-order chi connectivity index (χ1) is 17.7. The molecule has 4 amide bonds. The summed E-state index contributed by atoms with van der Waals surface area (Å²) in [5.41, 5.74) is 0.108. The number of nitrogens with zero attached hydrogens (tertiary/aromatic N) is 4. The third-order valence-electron chi connectivity index (χ3n) is 8.03. The predicted octanol–water partition coefficient (Wildman–Crippen LogP) is 1.56. The summed E-state index contributed by atoms with van der Waals surface area (Å²) in [6.45, 7) is 2.02. The van der Waals surface area contributed by atoms with Crippen LogP contribution in [-0.2, 0) is 22.6 Å². The number of hydrogen-bond acceptors (Lipinski definition) is 7. The number of pyridine rings is 1. The van der Waals surface area contributed by atoms with Gasteiger partial charge in [0.05, 0.1) is 14.2 Å². The lowest BCUT2D eigenvalue weighted by molar-refractivity contribution is -0.159. The number of piperidine rings is 1. The number of barbiturate groups is 1. The van der Waals surface area contributed by atoms with Crippen LogP contribution in [-0.4, -0.2) is 85.1 Å². The van der Waals surface area contributed by atoms with E-state index in [1.807, 2.05) is 10.6 Å². The standard InChI is InChI=1S/C27H32N4O6/c1-28-24(33)27(25(34)29(2)26(28)35,12-18-11-20(36-3)8-9-22(18)37-4)16-30-13-17-10-19(15-30)21-6-5-7-23(32)31(21)14-17/h5-9,11,17,19H,10,12-16H2,1-4H3/t17-,19+/m0/s1. The highest BCUT2D eigenvalue weighted by atomic mass is 16.5. The number of rotatable bonds is 6. The van der Waals surface area contributed by atoms with Crippen LogP contribution < -0.4 is 15.0 Å². The number of carbonyl (C=O) groups is 3. The van der Waals surface area contributed by atoms with Crippen molar-refractivity contribution in [2.24, 2.45) is 11.3 Å². The van der Waals surface area contributed by atoms with Gasteiger partial charge in [-0.05, 0) is 42.2 Å². The van der Waals surface area contributed by atoms with E-state index in [9.17, 15) is 19.2 Å². The predicted molar refractivity (Wildman–Crippen MR) is 135 cm³/mol. The summed E-state index contributed by atoms with van der Waals surface area (Å²) in [4.78, 5) is 57.0. The number of carbonyl (C=O) groups excluding carboxylic acids is 3. The number of fused-ring (bicyclic) bond motifs is 4. The number of imide groups is 2. The van der Waals surface area contributed by atoms with Crippen LogP contribution in [0.4, 0.5) is 4.79 Å². The molecule has 2 aromatic rings. The molecule has 5 rings (SSSR count). The van der Waals surface area contributed by atoms with Gasteiger partial charge in [-0.3, -0.25) is 24.2 Å². The summed E-state index contributed by atoms with van der Waals surface area (Å²) in [7, 11) is 5.92. The molecule has 37 heavy (non-hydrogen) atoms. The molecule has 196 valence electrons. The van der Waals surface area contributed by atoms with Crippen LogP contribution in [0.3, 0.4) is 0 Å². The van der Waals surface area contributed by atoms with E-state index in [2.05, 4.69) is 4.90 Å². The fourth-order valence-corrected chi connectivity index (χ4v) is 6.33. The van der Waals surface area contributed by atoms with E-state index >= 15 is 0 Å². The summed E-state index contributed by atoms with van der Waals surface area (Å²) in [6.07, 6.45) is 1.01. The summed E-state index contributed by atoms with van der Waals surface area (Å²) in [5, 5.41) is 0. The van der Waals surface area contributed by atoms with E-state index in [1.54, 1.807) is 37.4 Å². The van der Waals surface area contributed by atoms with Crippen LogP contribution in [0.2, 0.25) is 0 Å². The third-order valence-corrected chi connectivity index (χ3v) is 8.03. The van der Waals surface area contributed by atoms with Gasteiger partial charge < -0.3 is 18.9 Å². The summed E-state index contributed by atoms with van der Waals surface area (Å²) in [6, 6.07) is 9.98. The molecule has 10 heteroatoms. The summed E-state index contributed by atoms with van der Waals surface area (Å²) >= 11 is 0.